The molecule has 0 aliphatic carbocycles. The number of hydrogen-bond donors (Lipinski definition) is 1. The van der Waals surface area contributed by atoms with Gasteiger partial charge in [-0.25, -0.2) is 0 Å². The summed E-state index contributed by atoms with van der Waals surface area (Å²) in [6.07, 6.45) is 1.03. The van der Waals surface area contributed by atoms with Crippen molar-refractivity contribution in [2.75, 3.05) is 6.54 Å². The van der Waals surface area contributed by atoms with Gasteiger partial charge in [-0.05, 0) is 32.4 Å². The van der Waals surface area contributed by atoms with Crippen molar-refractivity contribution >= 4 is 27.5 Å². The van der Waals surface area contributed by atoms with Crippen LogP contribution in [-0.4, -0.2) is 17.0 Å². The van der Waals surface area contributed by atoms with E-state index in [0.29, 0.717) is 6.54 Å². The molecule has 0 saturated heterocycles. The van der Waals surface area contributed by atoms with E-state index < -0.39 is 0 Å². The molecule has 0 saturated carbocycles. The second-order valence-electron chi connectivity index (χ2n) is 4.15. The Labute approximate surface area is 105 Å². The van der Waals surface area contributed by atoms with Crippen molar-refractivity contribution in [2.24, 2.45) is 0 Å². The zero-order valence-electron chi connectivity index (χ0n) is 10.5. The molecule has 17 heavy (non-hydrogen) atoms. The molecule has 1 amide bonds. The number of fused-ring (bicyclic) bond motifs is 1. The van der Waals surface area contributed by atoms with Crippen LogP contribution in [0.3, 0.4) is 0 Å². The van der Waals surface area contributed by atoms with E-state index in [1.54, 1.807) is 11.3 Å². The number of hydrogen-bond acceptors (Lipinski definition) is 2. The number of rotatable bonds is 4. The summed E-state index contributed by atoms with van der Waals surface area (Å²) in [7, 11) is 0. The van der Waals surface area contributed by atoms with Crippen LogP contribution in [0.5, 0.6) is 0 Å². The van der Waals surface area contributed by atoms with E-state index in [4.69, 9.17) is 0 Å². The van der Waals surface area contributed by atoms with Crippen molar-refractivity contribution in [2.45, 2.75) is 33.7 Å². The lowest BCUT2D eigenvalue weighted by molar-refractivity contribution is 0.0947. The SMILES string of the molecule is CCCn1c(C(=O)NCC)cc2sc(C)cc21. The molecule has 0 unspecified atom stereocenters. The lowest BCUT2D eigenvalue weighted by Crippen LogP contribution is -2.25. The lowest BCUT2D eigenvalue weighted by Gasteiger charge is -2.08. The molecule has 0 bridgehead atoms. The van der Waals surface area contributed by atoms with E-state index in [0.717, 1.165) is 18.7 Å². The molecule has 4 heteroatoms. The fourth-order valence-electron chi connectivity index (χ4n) is 2.07. The molecular weight excluding hydrogens is 232 g/mol. The molecule has 0 atom stereocenters. The fraction of sp³-hybridized carbons (Fsp3) is 0.462. The number of thiophene rings is 1. The first-order valence-electron chi connectivity index (χ1n) is 6.05. The Hall–Kier alpha value is -1.29. The number of carbonyl (C=O) groups excluding carboxylic acids is 1. The van der Waals surface area contributed by atoms with Crippen LogP contribution in [0.2, 0.25) is 0 Å². The van der Waals surface area contributed by atoms with Crippen LogP contribution < -0.4 is 5.32 Å². The molecule has 2 rings (SSSR count). The minimum absolute atomic E-state index is 0.0296. The minimum atomic E-state index is 0.0296. The standard InChI is InChI=1S/C13H18N2OS/c1-4-6-15-10-7-9(3)17-12(10)8-11(15)13(16)14-5-2/h7-8H,4-6H2,1-3H3,(H,14,16). The average Bonchev–Trinajstić information content (AvgIpc) is 2.77. The molecule has 92 valence electrons. The smallest absolute Gasteiger partial charge is 0.267 e. The highest BCUT2D eigenvalue weighted by Gasteiger charge is 2.15. The van der Waals surface area contributed by atoms with E-state index in [2.05, 4.69) is 29.8 Å². The molecule has 2 aromatic heterocycles. The van der Waals surface area contributed by atoms with Crippen molar-refractivity contribution in [1.82, 2.24) is 9.88 Å². The lowest BCUT2D eigenvalue weighted by atomic mass is 10.4. The molecule has 2 heterocycles. The summed E-state index contributed by atoms with van der Waals surface area (Å²) in [6, 6.07) is 4.17. The zero-order valence-corrected chi connectivity index (χ0v) is 11.4. The summed E-state index contributed by atoms with van der Waals surface area (Å²) in [4.78, 5) is 13.3. The van der Waals surface area contributed by atoms with E-state index in [1.807, 2.05) is 13.0 Å². The van der Waals surface area contributed by atoms with E-state index in [9.17, 15) is 4.79 Å². The fourth-order valence-corrected chi connectivity index (χ4v) is 3.03. The largest absolute Gasteiger partial charge is 0.351 e. The Morgan fingerprint density at radius 2 is 2.18 bits per heavy atom. The maximum Gasteiger partial charge on any atom is 0.267 e. The molecule has 1 N–H and O–H groups in total. The number of aromatic nitrogens is 1. The second-order valence-corrected chi connectivity index (χ2v) is 5.44. The maximum atomic E-state index is 12.0. The minimum Gasteiger partial charge on any atom is -0.351 e. The van der Waals surface area contributed by atoms with Gasteiger partial charge in [-0.15, -0.1) is 11.3 Å². The van der Waals surface area contributed by atoms with Crippen LogP contribution in [0.15, 0.2) is 12.1 Å². The van der Waals surface area contributed by atoms with E-state index in [1.165, 1.54) is 15.1 Å². The topological polar surface area (TPSA) is 34.0 Å². The van der Waals surface area contributed by atoms with Crippen LogP contribution in [0.1, 0.15) is 35.6 Å². The Kier molecular flexibility index (Phi) is 3.52. The third-order valence-corrected chi connectivity index (χ3v) is 3.72. The Balaban J connectivity index is 2.50. The summed E-state index contributed by atoms with van der Waals surface area (Å²) < 4.78 is 3.33. The van der Waals surface area contributed by atoms with Gasteiger partial charge in [0.25, 0.3) is 5.91 Å². The van der Waals surface area contributed by atoms with Crippen molar-refractivity contribution < 1.29 is 4.79 Å². The van der Waals surface area contributed by atoms with Gasteiger partial charge in [0.05, 0.1) is 10.2 Å². The quantitative estimate of drug-likeness (QED) is 0.888. The monoisotopic (exact) mass is 250 g/mol. The van der Waals surface area contributed by atoms with Crippen LogP contribution in [0.4, 0.5) is 0 Å². The zero-order chi connectivity index (χ0) is 12.4. The summed E-state index contributed by atoms with van der Waals surface area (Å²) in [6.45, 7) is 7.74. The molecule has 3 nitrogen and oxygen atoms in total. The first-order valence-corrected chi connectivity index (χ1v) is 6.86. The van der Waals surface area contributed by atoms with Crippen molar-refractivity contribution in [3.63, 3.8) is 0 Å². The molecule has 2 aromatic rings. The summed E-state index contributed by atoms with van der Waals surface area (Å²) in [5, 5.41) is 2.87. The van der Waals surface area contributed by atoms with Gasteiger partial charge >= 0.3 is 0 Å². The highest BCUT2D eigenvalue weighted by atomic mass is 32.1. The Morgan fingerprint density at radius 3 is 2.82 bits per heavy atom. The van der Waals surface area contributed by atoms with Gasteiger partial charge in [-0.2, -0.15) is 0 Å². The Morgan fingerprint density at radius 1 is 1.41 bits per heavy atom. The molecule has 0 aliphatic rings. The van der Waals surface area contributed by atoms with Crippen molar-refractivity contribution in [3.8, 4) is 0 Å². The highest BCUT2D eigenvalue weighted by molar-refractivity contribution is 7.19. The van der Waals surface area contributed by atoms with E-state index in [-0.39, 0.29) is 5.91 Å². The van der Waals surface area contributed by atoms with Crippen LogP contribution in [0, 0.1) is 6.92 Å². The molecular formula is C13H18N2OS. The third kappa shape index (κ3) is 2.22. The number of nitrogens with zero attached hydrogens (tertiary/aromatic N) is 1. The normalized spacial score (nSPS) is 11.0. The van der Waals surface area contributed by atoms with Gasteiger partial charge in [-0.1, -0.05) is 6.92 Å². The molecule has 0 radical (unpaired) electrons. The third-order valence-electron chi connectivity index (χ3n) is 2.73. The number of carbonyl (C=O) groups is 1. The molecule has 0 aromatic carbocycles. The van der Waals surface area contributed by atoms with Gasteiger partial charge in [0, 0.05) is 18.0 Å². The highest BCUT2D eigenvalue weighted by Crippen LogP contribution is 2.28. The second kappa shape index (κ2) is 4.92. The van der Waals surface area contributed by atoms with E-state index >= 15 is 0 Å². The van der Waals surface area contributed by atoms with Crippen LogP contribution >= 0.6 is 11.3 Å². The average molecular weight is 250 g/mol. The van der Waals surface area contributed by atoms with Gasteiger partial charge in [-0.3, -0.25) is 4.79 Å². The predicted octanol–water partition coefficient (Wildman–Crippen LogP) is 3.17. The predicted molar refractivity (Wildman–Crippen MR) is 72.9 cm³/mol. The molecule has 0 aliphatic heterocycles. The van der Waals surface area contributed by atoms with Gasteiger partial charge in [0.15, 0.2) is 0 Å². The first-order chi connectivity index (χ1) is 8.17. The molecule has 0 fully saturated rings. The van der Waals surface area contributed by atoms with Crippen molar-refractivity contribution in [3.05, 3.63) is 22.7 Å². The maximum absolute atomic E-state index is 12.0. The molecule has 0 spiro atoms. The van der Waals surface area contributed by atoms with Crippen molar-refractivity contribution in [1.29, 1.82) is 0 Å². The van der Waals surface area contributed by atoms with Crippen LogP contribution in [0.25, 0.3) is 10.2 Å². The van der Waals surface area contributed by atoms with Gasteiger partial charge in [0.1, 0.15) is 5.69 Å². The Bertz CT molecular complexity index is 539. The van der Waals surface area contributed by atoms with Gasteiger partial charge < -0.3 is 9.88 Å². The van der Waals surface area contributed by atoms with Gasteiger partial charge in [0.2, 0.25) is 0 Å². The number of aryl methyl sites for hydroxylation is 2. The summed E-state index contributed by atoms with van der Waals surface area (Å²) in [5.41, 5.74) is 1.98. The number of nitrogens with one attached hydrogen (secondary N) is 1. The summed E-state index contributed by atoms with van der Waals surface area (Å²) in [5.74, 6) is 0.0296. The van der Waals surface area contributed by atoms with Crippen LogP contribution in [-0.2, 0) is 6.54 Å². The summed E-state index contributed by atoms with van der Waals surface area (Å²) >= 11 is 1.75. The number of amides is 1. The first kappa shape index (κ1) is 12.2.